The van der Waals surface area contributed by atoms with Crippen LogP contribution in [0.3, 0.4) is 0 Å². The quantitative estimate of drug-likeness (QED) is 0.812. The van der Waals surface area contributed by atoms with Crippen LogP contribution < -0.4 is 10.1 Å². The summed E-state index contributed by atoms with van der Waals surface area (Å²) in [6.07, 6.45) is 3.54. The molecule has 2 rings (SSSR count). The molecular weight excluding hydrogens is 282 g/mol. The summed E-state index contributed by atoms with van der Waals surface area (Å²) in [6.45, 7) is 6.01. The molecule has 0 saturated carbocycles. The molecule has 0 aromatic heterocycles. The summed E-state index contributed by atoms with van der Waals surface area (Å²) < 4.78 is 5.73. The molecule has 0 amide bonds. The fourth-order valence-corrected chi connectivity index (χ4v) is 3.76. The number of benzene rings is 1. The summed E-state index contributed by atoms with van der Waals surface area (Å²) in [6, 6.07) is 6.14. The second-order valence-electron chi connectivity index (χ2n) is 5.88. The molecule has 0 radical (unpaired) electrons. The number of hydrogen-bond donors (Lipinski definition) is 2. The second-order valence-corrected chi connectivity index (χ2v) is 7.29. The van der Waals surface area contributed by atoms with Gasteiger partial charge in [-0.05, 0) is 49.6 Å². The molecule has 21 heavy (non-hydrogen) atoms. The van der Waals surface area contributed by atoms with Gasteiger partial charge in [0.25, 0.3) is 0 Å². The number of hydrogen-bond acceptors (Lipinski definition) is 4. The third-order valence-corrected chi connectivity index (χ3v) is 5.20. The van der Waals surface area contributed by atoms with E-state index < -0.39 is 6.10 Å². The number of ether oxygens (including phenoxy) is 1. The SMILES string of the molecule is Cc1ccc(C)c(OCC(O)CNCC2CCCCS2)c1. The van der Waals surface area contributed by atoms with Crippen LogP contribution in [0, 0.1) is 13.8 Å². The highest BCUT2D eigenvalue weighted by molar-refractivity contribution is 7.99. The first-order valence-electron chi connectivity index (χ1n) is 7.85. The fourth-order valence-electron chi connectivity index (χ4n) is 2.49. The first-order chi connectivity index (χ1) is 10.1. The first-order valence-corrected chi connectivity index (χ1v) is 8.90. The molecule has 1 aromatic carbocycles. The predicted molar refractivity (Wildman–Crippen MR) is 90.4 cm³/mol. The minimum absolute atomic E-state index is 0.342. The number of thioether (sulfide) groups is 1. The molecule has 1 aliphatic rings. The Hall–Kier alpha value is -0.710. The summed E-state index contributed by atoms with van der Waals surface area (Å²) in [5, 5.41) is 14.1. The van der Waals surface area contributed by atoms with E-state index in [4.69, 9.17) is 4.74 Å². The van der Waals surface area contributed by atoms with Gasteiger partial charge in [0.15, 0.2) is 0 Å². The molecule has 4 heteroatoms. The maximum atomic E-state index is 10.0. The molecule has 118 valence electrons. The maximum Gasteiger partial charge on any atom is 0.122 e. The molecule has 2 atom stereocenters. The number of rotatable bonds is 7. The van der Waals surface area contributed by atoms with Crippen molar-refractivity contribution < 1.29 is 9.84 Å². The van der Waals surface area contributed by atoms with Gasteiger partial charge in [0.2, 0.25) is 0 Å². The van der Waals surface area contributed by atoms with E-state index in [9.17, 15) is 5.11 Å². The van der Waals surface area contributed by atoms with Gasteiger partial charge >= 0.3 is 0 Å². The molecule has 0 spiro atoms. The number of aryl methyl sites for hydroxylation is 2. The van der Waals surface area contributed by atoms with Crippen LogP contribution in [-0.2, 0) is 0 Å². The van der Waals surface area contributed by atoms with Gasteiger partial charge < -0.3 is 15.2 Å². The van der Waals surface area contributed by atoms with Crippen molar-refractivity contribution >= 4 is 11.8 Å². The van der Waals surface area contributed by atoms with Crippen molar-refractivity contribution in [3.63, 3.8) is 0 Å². The Morgan fingerprint density at radius 3 is 3.00 bits per heavy atom. The standard InChI is InChI=1S/C17H27NO2S/c1-13-6-7-14(2)17(9-13)20-12-15(19)10-18-11-16-5-3-4-8-21-16/h6-7,9,15-16,18-19H,3-5,8,10-12H2,1-2H3. The lowest BCUT2D eigenvalue weighted by molar-refractivity contribution is 0.106. The first kappa shape index (κ1) is 16.7. The fraction of sp³-hybridized carbons (Fsp3) is 0.647. The Kier molecular flexibility index (Phi) is 6.87. The summed E-state index contributed by atoms with van der Waals surface area (Å²) >= 11 is 2.05. The highest BCUT2D eigenvalue weighted by Gasteiger charge is 2.14. The van der Waals surface area contributed by atoms with Crippen molar-refractivity contribution in [1.82, 2.24) is 5.32 Å². The minimum Gasteiger partial charge on any atom is -0.491 e. The van der Waals surface area contributed by atoms with E-state index in [0.29, 0.717) is 18.4 Å². The van der Waals surface area contributed by atoms with E-state index in [1.165, 1.54) is 30.6 Å². The average Bonchev–Trinajstić information content (AvgIpc) is 2.49. The lowest BCUT2D eigenvalue weighted by atomic mass is 10.1. The zero-order valence-electron chi connectivity index (χ0n) is 13.1. The smallest absolute Gasteiger partial charge is 0.122 e. The molecule has 1 heterocycles. The maximum absolute atomic E-state index is 10.0. The monoisotopic (exact) mass is 309 g/mol. The van der Waals surface area contributed by atoms with Gasteiger partial charge in [-0.3, -0.25) is 0 Å². The predicted octanol–water partition coefficient (Wildman–Crippen LogP) is 2.92. The normalized spacial score (nSPS) is 20.2. The van der Waals surface area contributed by atoms with Gasteiger partial charge in [-0.1, -0.05) is 18.6 Å². The van der Waals surface area contributed by atoms with Crippen molar-refractivity contribution in [3.05, 3.63) is 29.3 Å². The van der Waals surface area contributed by atoms with Crippen molar-refractivity contribution in [2.24, 2.45) is 0 Å². The van der Waals surface area contributed by atoms with Crippen molar-refractivity contribution in [3.8, 4) is 5.75 Å². The van der Waals surface area contributed by atoms with Crippen molar-refractivity contribution in [1.29, 1.82) is 0 Å². The number of nitrogens with one attached hydrogen (secondary N) is 1. The highest BCUT2D eigenvalue weighted by atomic mass is 32.2. The second kappa shape index (κ2) is 8.66. The van der Waals surface area contributed by atoms with E-state index in [0.717, 1.165) is 17.9 Å². The Morgan fingerprint density at radius 2 is 2.24 bits per heavy atom. The number of aliphatic hydroxyl groups excluding tert-OH is 1. The Bertz CT molecular complexity index is 433. The van der Waals surface area contributed by atoms with Crippen LogP contribution in [0.1, 0.15) is 30.4 Å². The van der Waals surface area contributed by atoms with Crippen LogP contribution in [0.15, 0.2) is 18.2 Å². The van der Waals surface area contributed by atoms with Gasteiger partial charge in [0, 0.05) is 18.3 Å². The van der Waals surface area contributed by atoms with Crippen LogP contribution in [0.2, 0.25) is 0 Å². The summed E-state index contributed by atoms with van der Waals surface area (Å²) in [7, 11) is 0. The Balaban J connectivity index is 1.65. The lowest BCUT2D eigenvalue weighted by Gasteiger charge is -2.22. The molecule has 2 unspecified atom stereocenters. The van der Waals surface area contributed by atoms with Gasteiger partial charge in [-0.15, -0.1) is 0 Å². The van der Waals surface area contributed by atoms with Gasteiger partial charge in [-0.25, -0.2) is 0 Å². The lowest BCUT2D eigenvalue weighted by Crippen LogP contribution is -2.35. The van der Waals surface area contributed by atoms with E-state index in [1.807, 2.05) is 19.9 Å². The van der Waals surface area contributed by atoms with E-state index >= 15 is 0 Å². The van der Waals surface area contributed by atoms with E-state index in [-0.39, 0.29) is 0 Å². The van der Waals surface area contributed by atoms with Crippen LogP contribution >= 0.6 is 11.8 Å². The van der Waals surface area contributed by atoms with Crippen LogP contribution in [0.5, 0.6) is 5.75 Å². The van der Waals surface area contributed by atoms with Crippen molar-refractivity contribution in [2.45, 2.75) is 44.5 Å². The largest absolute Gasteiger partial charge is 0.491 e. The third-order valence-electron chi connectivity index (χ3n) is 3.80. The topological polar surface area (TPSA) is 41.5 Å². The molecule has 3 nitrogen and oxygen atoms in total. The zero-order chi connectivity index (χ0) is 15.1. The highest BCUT2D eigenvalue weighted by Crippen LogP contribution is 2.24. The molecule has 2 N–H and O–H groups in total. The summed E-state index contributed by atoms with van der Waals surface area (Å²) in [5.74, 6) is 2.15. The van der Waals surface area contributed by atoms with Gasteiger partial charge in [-0.2, -0.15) is 11.8 Å². The molecule has 0 aliphatic carbocycles. The molecule has 1 saturated heterocycles. The third kappa shape index (κ3) is 5.89. The zero-order valence-corrected chi connectivity index (χ0v) is 13.9. The molecule has 1 aromatic rings. The van der Waals surface area contributed by atoms with Crippen LogP contribution in [0.4, 0.5) is 0 Å². The summed E-state index contributed by atoms with van der Waals surface area (Å²) in [5.41, 5.74) is 2.29. The van der Waals surface area contributed by atoms with Gasteiger partial charge in [0.1, 0.15) is 18.5 Å². The van der Waals surface area contributed by atoms with Crippen LogP contribution in [-0.4, -0.2) is 41.9 Å². The average molecular weight is 309 g/mol. The van der Waals surface area contributed by atoms with Gasteiger partial charge in [0.05, 0.1) is 0 Å². The Labute approximate surface area is 132 Å². The Morgan fingerprint density at radius 1 is 1.38 bits per heavy atom. The molecule has 1 aliphatic heterocycles. The van der Waals surface area contributed by atoms with E-state index in [1.54, 1.807) is 0 Å². The molecule has 0 bridgehead atoms. The molecule has 1 fully saturated rings. The van der Waals surface area contributed by atoms with E-state index in [2.05, 4.69) is 29.2 Å². The minimum atomic E-state index is -0.460. The van der Waals surface area contributed by atoms with Crippen molar-refractivity contribution in [2.75, 3.05) is 25.4 Å². The van der Waals surface area contributed by atoms with Crippen LogP contribution in [0.25, 0.3) is 0 Å². The molecular formula is C17H27NO2S. The summed E-state index contributed by atoms with van der Waals surface area (Å²) in [4.78, 5) is 0. The number of aliphatic hydroxyl groups is 1.